The minimum absolute atomic E-state index is 0.173. The van der Waals surface area contributed by atoms with Gasteiger partial charge in [-0.15, -0.1) is 5.10 Å². The number of carboxylic acids is 1. The van der Waals surface area contributed by atoms with Crippen molar-refractivity contribution in [2.45, 2.75) is 25.8 Å². The molecule has 1 heterocycles. The average molecular weight is 313 g/mol. The number of carbonyl (C=O) groups is 2. The van der Waals surface area contributed by atoms with Crippen molar-refractivity contribution in [2.75, 3.05) is 0 Å². The van der Waals surface area contributed by atoms with Crippen molar-refractivity contribution < 1.29 is 14.7 Å². The van der Waals surface area contributed by atoms with Crippen molar-refractivity contribution in [3.63, 3.8) is 0 Å². The van der Waals surface area contributed by atoms with Crippen LogP contribution in [0.15, 0.2) is 36.2 Å². The fourth-order valence-corrected chi connectivity index (χ4v) is 2.60. The maximum atomic E-state index is 12.3. The first-order chi connectivity index (χ1) is 11.0. The lowest BCUT2D eigenvalue weighted by atomic mass is 10.1. The van der Waals surface area contributed by atoms with Crippen LogP contribution in [0, 0.1) is 6.92 Å². The van der Waals surface area contributed by atoms with Gasteiger partial charge in [0.15, 0.2) is 0 Å². The molecule has 1 aromatic carbocycles. The molecule has 0 aliphatic heterocycles. The lowest BCUT2D eigenvalue weighted by Gasteiger charge is -2.13. The topological polar surface area (TPSA) is 110 Å². The molecule has 2 aromatic rings. The number of benzene rings is 1. The van der Waals surface area contributed by atoms with Crippen LogP contribution in [0.5, 0.6) is 0 Å². The largest absolute Gasteiger partial charge is 0.478 e. The summed E-state index contributed by atoms with van der Waals surface area (Å²) in [4.78, 5) is 23.2. The molecule has 0 fully saturated rings. The molecule has 0 radical (unpaired) electrons. The van der Waals surface area contributed by atoms with E-state index >= 15 is 0 Å². The highest BCUT2D eigenvalue weighted by molar-refractivity contribution is 5.95. The second-order valence-electron chi connectivity index (χ2n) is 5.40. The Morgan fingerprint density at radius 1 is 1.39 bits per heavy atom. The van der Waals surface area contributed by atoms with Crippen molar-refractivity contribution in [3.05, 3.63) is 47.3 Å². The summed E-state index contributed by atoms with van der Waals surface area (Å²) in [6.45, 7) is 1.87. The number of hydrogen-bond acceptors (Lipinski definition) is 5. The number of rotatable bonds is 4. The van der Waals surface area contributed by atoms with Gasteiger partial charge in [-0.2, -0.15) is 0 Å². The van der Waals surface area contributed by atoms with Gasteiger partial charge in [0.05, 0.1) is 5.69 Å². The first kappa shape index (κ1) is 14.9. The number of tetrazole rings is 1. The van der Waals surface area contributed by atoms with Crippen LogP contribution >= 0.6 is 0 Å². The van der Waals surface area contributed by atoms with Gasteiger partial charge in [0.2, 0.25) is 0 Å². The maximum Gasteiger partial charge on any atom is 0.331 e. The van der Waals surface area contributed by atoms with Gasteiger partial charge >= 0.3 is 5.97 Å². The standard InChI is InChI=1S/C15H15N5O3/c1-9-6-10(3-5-13(9)20-8-16-18-19-20)14(21)17-12-4-2-11(7-12)15(22)23/h2-3,5-6,8,12H,4,7H2,1H3,(H,17,21)(H,22,23). The van der Waals surface area contributed by atoms with E-state index in [9.17, 15) is 9.59 Å². The normalized spacial score (nSPS) is 16.9. The van der Waals surface area contributed by atoms with Gasteiger partial charge in [-0.3, -0.25) is 4.79 Å². The van der Waals surface area contributed by atoms with Gasteiger partial charge < -0.3 is 10.4 Å². The van der Waals surface area contributed by atoms with Gasteiger partial charge in [-0.25, -0.2) is 9.48 Å². The minimum atomic E-state index is -0.927. The highest BCUT2D eigenvalue weighted by Crippen LogP contribution is 2.20. The molecule has 2 N–H and O–H groups in total. The van der Waals surface area contributed by atoms with Gasteiger partial charge in [-0.1, -0.05) is 6.08 Å². The molecule has 1 amide bonds. The third kappa shape index (κ3) is 3.10. The Morgan fingerprint density at radius 2 is 2.22 bits per heavy atom. The second kappa shape index (κ2) is 5.99. The molecule has 8 nitrogen and oxygen atoms in total. The molecule has 0 saturated heterocycles. The van der Waals surface area contributed by atoms with Crippen LogP contribution in [0.25, 0.3) is 5.69 Å². The van der Waals surface area contributed by atoms with E-state index in [1.54, 1.807) is 24.3 Å². The predicted octanol–water partition coefficient (Wildman–Crippen LogP) is 0.874. The molecular weight excluding hydrogens is 298 g/mol. The van der Waals surface area contributed by atoms with Crippen molar-refractivity contribution in [2.24, 2.45) is 0 Å². The summed E-state index contributed by atoms with van der Waals surface area (Å²) in [5.41, 5.74) is 2.52. The quantitative estimate of drug-likeness (QED) is 0.867. The third-order valence-corrected chi connectivity index (χ3v) is 3.78. The monoisotopic (exact) mass is 313 g/mol. The van der Waals surface area contributed by atoms with Gasteiger partial charge in [0, 0.05) is 17.2 Å². The number of nitrogens with zero attached hydrogens (tertiary/aromatic N) is 4. The molecule has 0 saturated carbocycles. The van der Waals surface area contributed by atoms with Crippen LogP contribution in [0.3, 0.4) is 0 Å². The Balaban J connectivity index is 1.69. The SMILES string of the molecule is Cc1cc(C(=O)NC2CC=C(C(=O)O)C2)ccc1-n1cnnn1. The number of carboxylic acid groups (broad SMARTS) is 1. The molecule has 8 heteroatoms. The number of aliphatic carboxylic acids is 1. The van der Waals surface area contributed by atoms with Crippen LogP contribution in [-0.4, -0.2) is 43.2 Å². The molecule has 1 aliphatic carbocycles. The Kier molecular flexibility index (Phi) is 3.88. The van der Waals surface area contributed by atoms with Crippen LogP contribution in [0.2, 0.25) is 0 Å². The molecule has 0 spiro atoms. The lowest BCUT2D eigenvalue weighted by Crippen LogP contribution is -2.33. The first-order valence-corrected chi connectivity index (χ1v) is 7.12. The molecule has 118 valence electrons. The van der Waals surface area contributed by atoms with Crippen molar-refractivity contribution in [1.29, 1.82) is 0 Å². The third-order valence-electron chi connectivity index (χ3n) is 3.78. The molecule has 1 aromatic heterocycles. The predicted molar refractivity (Wildman–Crippen MR) is 80.1 cm³/mol. The van der Waals surface area contributed by atoms with Crippen LogP contribution in [-0.2, 0) is 4.79 Å². The van der Waals surface area contributed by atoms with Gasteiger partial charge in [0.1, 0.15) is 6.33 Å². The number of aromatic nitrogens is 4. The molecule has 1 atom stereocenters. The Bertz CT molecular complexity index is 782. The summed E-state index contributed by atoms with van der Waals surface area (Å²) in [6.07, 6.45) is 4.02. The highest BCUT2D eigenvalue weighted by Gasteiger charge is 2.23. The molecule has 0 bridgehead atoms. The smallest absolute Gasteiger partial charge is 0.331 e. The molecule has 1 unspecified atom stereocenters. The first-order valence-electron chi connectivity index (χ1n) is 7.12. The van der Waals surface area contributed by atoms with E-state index in [-0.39, 0.29) is 11.9 Å². The van der Waals surface area contributed by atoms with Gasteiger partial charge in [0.25, 0.3) is 5.91 Å². The Hall–Kier alpha value is -3.03. The average Bonchev–Trinajstić information content (AvgIpc) is 3.18. The zero-order valence-corrected chi connectivity index (χ0v) is 12.4. The van der Waals surface area contributed by atoms with Crippen LogP contribution < -0.4 is 5.32 Å². The van der Waals surface area contributed by atoms with Crippen molar-refractivity contribution in [1.82, 2.24) is 25.5 Å². The van der Waals surface area contributed by atoms with Gasteiger partial charge in [-0.05, 0) is 54.0 Å². The summed E-state index contributed by atoms with van der Waals surface area (Å²) in [5.74, 6) is -1.15. The summed E-state index contributed by atoms with van der Waals surface area (Å²) in [5, 5.41) is 22.8. The van der Waals surface area contributed by atoms with Crippen molar-refractivity contribution in [3.8, 4) is 5.69 Å². The summed E-state index contributed by atoms with van der Waals surface area (Å²) in [7, 11) is 0. The number of nitrogens with one attached hydrogen (secondary N) is 1. The maximum absolute atomic E-state index is 12.3. The second-order valence-corrected chi connectivity index (χ2v) is 5.40. The highest BCUT2D eigenvalue weighted by atomic mass is 16.4. The number of carbonyl (C=O) groups excluding carboxylic acids is 1. The number of amides is 1. The number of aryl methyl sites for hydroxylation is 1. The molecular formula is C15H15N5O3. The molecule has 1 aliphatic rings. The summed E-state index contributed by atoms with van der Waals surface area (Å²) >= 11 is 0. The molecule has 3 rings (SSSR count). The fraction of sp³-hybridized carbons (Fsp3) is 0.267. The van der Waals surface area contributed by atoms with E-state index in [0.29, 0.717) is 24.0 Å². The van der Waals surface area contributed by atoms with E-state index in [4.69, 9.17) is 5.11 Å². The van der Waals surface area contributed by atoms with E-state index in [0.717, 1.165) is 11.3 Å². The zero-order chi connectivity index (χ0) is 16.4. The van der Waals surface area contributed by atoms with E-state index in [2.05, 4.69) is 20.8 Å². The lowest BCUT2D eigenvalue weighted by molar-refractivity contribution is -0.132. The summed E-state index contributed by atoms with van der Waals surface area (Å²) in [6, 6.07) is 5.05. The van der Waals surface area contributed by atoms with E-state index < -0.39 is 5.97 Å². The molecule has 23 heavy (non-hydrogen) atoms. The Morgan fingerprint density at radius 3 is 2.83 bits per heavy atom. The van der Waals surface area contributed by atoms with E-state index in [1.165, 1.54) is 11.0 Å². The van der Waals surface area contributed by atoms with Crippen LogP contribution in [0.1, 0.15) is 28.8 Å². The zero-order valence-electron chi connectivity index (χ0n) is 12.4. The summed E-state index contributed by atoms with van der Waals surface area (Å²) < 4.78 is 1.52. The Labute approximate surface area is 131 Å². The number of hydrogen-bond donors (Lipinski definition) is 2. The van der Waals surface area contributed by atoms with Crippen molar-refractivity contribution >= 4 is 11.9 Å². The minimum Gasteiger partial charge on any atom is -0.478 e. The van der Waals surface area contributed by atoms with E-state index in [1.807, 2.05) is 6.92 Å². The fourth-order valence-electron chi connectivity index (χ4n) is 2.60. The van der Waals surface area contributed by atoms with Crippen LogP contribution in [0.4, 0.5) is 0 Å².